The number of aromatic nitrogens is 2. The summed E-state index contributed by atoms with van der Waals surface area (Å²) in [5.41, 5.74) is 3.60. The molecule has 0 radical (unpaired) electrons. The molecule has 3 aromatic rings. The van der Waals surface area contributed by atoms with E-state index in [1.807, 2.05) is 36.1 Å². The molecule has 8 heteroatoms. The van der Waals surface area contributed by atoms with Crippen LogP contribution in [0.15, 0.2) is 48.5 Å². The number of anilines is 2. The molecule has 0 spiro atoms. The van der Waals surface area contributed by atoms with Gasteiger partial charge in [-0.2, -0.15) is 0 Å². The molecule has 0 aliphatic carbocycles. The number of methoxy groups -OCH3 is 1. The number of ether oxygens (including phenoxy) is 1. The summed E-state index contributed by atoms with van der Waals surface area (Å²) in [7, 11) is 1.60. The van der Waals surface area contributed by atoms with Crippen LogP contribution in [0.4, 0.5) is 20.7 Å². The lowest BCUT2D eigenvalue weighted by Crippen LogP contribution is -2.38. The van der Waals surface area contributed by atoms with E-state index in [4.69, 9.17) is 9.72 Å². The lowest BCUT2D eigenvalue weighted by molar-refractivity contribution is 0.215. The highest BCUT2D eigenvalue weighted by molar-refractivity contribution is 5.89. The summed E-state index contributed by atoms with van der Waals surface area (Å²) in [6.45, 7) is 6.63. The second-order valence-corrected chi connectivity index (χ2v) is 8.67. The second kappa shape index (κ2) is 11.2. The predicted octanol–water partition coefficient (Wildman–Crippen LogP) is 4.83. The summed E-state index contributed by atoms with van der Waals surface area (Å²) in [4.78, 5) is 26.5. The van der Waals surface area contributed by atoms with Gasteiger partial charge in [-0.1, -0.05) is 25.1 Å². The second-order valence-electron chi connectivity index (χ2n) is 8.67. The number of carbonyl (C=O) groups excluding carboxylic acids is 1. The van der Waals surface area contributed by atoms with E-state index in [-0.39, 0.29) is 11.8 Å². The van der Waals surface area contributed by atoms with E-state index in [0.717, 1.165) is 47.8 Å². The molecule has 0 atom stereocenters. The quantitative estimate of drug-likeness (QED) is 0.551. The van der Waals surface area contributed by atoms with Crippen molar-refractivity contribution in [2.24, 2.45) is 0 Å². The molecule has 1 aliphatic heterocycles. The first-order valence-corrected chi connectivity index (χ1v) is 12.0. The van der Waals surface area contributed by atoms with Crippen molar-refractivity contribution in [3.63, 3.8) is 0 Å². The Kier molecular flexibility index (Phi) is 7.80. The number of nitrogens with zero attached hydrogens (tertiary/aromatic N) is 4. The molecule has 1 aromatic heterocycles. The smallest absolute Gasteiger partial charge is 0.321 e. The van der Waals surface area contributed by atoms with Gasteiger partial charge in [0.05, 0.1) is 7.11 Å². The Bertz CT molecular complexity index is 1190. The minimum Gasteiger partial charge on any atom is -0.497 e. The molecule has 7 nitrogen and oxygen atoms in total. The number of rotatable bonds is 6. The molecule has 1 saturated heterocycles. The molecule has 0 bridgehead atoms. The number of aryl methyl sites for hydroxylation is 2. The van der Waals surface area contributed by atoms with Crippen LogP contribution in [0.2, 0.25) is 0 Å². The molecule has 2 amide bonds. The minimum absolute atomic E-state index is 0.131. The van der Waals surface area contributed by atoms with Gasteiger partial charge in [-0.3, -0.25) is 0 Å². The largest absolute Gasteiger partial charge is 0.497 e. The zero-order valence-electron chi connectivity index (χ0n) is 20.6. The number of carbonyl (C=O) groups is 1. The number of urea groups is 1. The summed E-state index contributed by atoms with van der Waals surface area (Å²) in [5, 5.41) is 2.97. The molecular formula is C27H32FN5O2. The lowest BCUT2D eigenvalue weighted by atomic mass is 10.0. The average molecular weight is 478 g/mol. The summed E-state index contributed by atoms with van der Waals surface area (Å²) in [6, 6.07) is 13.9. The van der Waals surface area contributed by atoms with Gasteiger partial charge in [-0.25, -0.2) is 19.2 Å². The first-order valence-electron chi connectivity index (χ1n) is 12.0. The van der Waals surface area contributed by atoms with E-state index < -0.39 is 0 Å². The fraction of sp³-hybridized carbons (Fsp3) is 0.370. The van der Waals surface area contributed by atoms with Crippen molar-refractivity contribution in [3.05, 3.63) is 77.0 Å². The van der Waals surface area contributed by atoms with Gasteiger partial charge in [-0.15, -0.1) is 0 Å². The van der Waals surface area contributed by atoms with Crippen LogP contribution in [0.25, 0.3) is 0 Å². The average Bonchev–Trinajstić information content (AvgIpc) is 3.11. The van der Waals surface area contributed by atoms with Crippen molar-refractivity contribution < 1.29 is 13.9 Å². The van der Waals surface area contributed by atoms with E-state index in [0.29, 0.717) is 37.5 Å². The first kappa shape index (κ1) is 24.4. The van der Waals surface area contributed by atoms with Crippen LogP contribution in [0.3, 0.4) is 0 Å². The lowest BCUT2D eigenvalue weighted by Gasteiger charge is -2.26. The summed E-state index contributed by atoms with van der Waals surface area (Å²) in [5.74, 6) is 2.05. The fourth-order valence-electron chi connectivity index (χ4n) is 4.46. The third kappa shape index (κ3) is 6.07. The Morgan fingerprint density at radius 1 is 1.09 bits per heavy atom. The van der Waals surface area contributed by atoms with Gasteiger partial charge in [0.15, 0.2) is 0 Å². The molecule has 184 valence electrons. The topological polar surface area (TPSA) is 70.6 Å². The van der Waals surface area contributed by atoms with Gasteiger partial charge in [0.1, 0.15) is 23.2 Å². The van der Waals surface area contributed by atoms with E-state index in [1.165, 1.54) is 6.07 Å². The van der Waals surface area contributed by atoms with E-state index in [2.05, 4.69) is 22.1 Å². The van der Waals surface area contributed by atoms with Crippen molar-refractivity contribution in [2.45, 2.75) is 33.1 Å². The predicted molar refractivity (Wildman–Crippen MR) is 136 cm³/mol. The third-order valence-corrected chi connectivity index (χ3v) is 6.19. The Morgan fingerprint density at radius 3 is 2.69 bits per heavy atom. The Balaban J connectivity index is 1.52. The number of amides is 2. The molecule has 2 heterocycles. The molecule has 1 N–H and O–H groups in total. The van der Waals surface area contributed by atoms with Gasteiger partial charge in [0.25, 0.3) is 0 Å². The van der Waals surface area contributed by atoms with Crippen LogP contribution < -0.4 is 15.0 Å². The highest BCUT2D eigenvalue weighted by Crippen LogP contribution is 2.26. The van der Waals surface area contributed by atoms with Gasteiger partial charge >= 0.3 is 6.03 Å². The fourth-order valence-corrected chi connectivity index (χ4v) is 4.46. The normalized spacial score (nSPS) is 13.9. The molecule has 1 fully saturated rings. The summed E-state index contributed by atoms with van der Waals surface area (Å²) < 4.78 is 19.1. The first-order chi connectivity index (χ1) is 17.0. The highest BCUT2D eigenvalue weighted by Gasteiger charge is 2.24. The standard InChI is InChI=1S/C27H32FN5O2/c1-4-25-24(17-20-8-5-9-21(28)16-20)26(30-19(2)29-25)32-12-7-13-33(15-14-32)27(34)31-22-10-6-11-23(18-22)35-3/h5-6,8-11,16,18H,4,7,12-15,17H2,1-3H3,(H,31,34). The van der Waals surface area contributed by atoms with Crippen LogP contribution in [-0.2, 0) is 12.8 Å². The zero-order valence-corrected chi connectivity index (χ0v) is 20.6. The molecule has 0 unspecified atom stereocenters. The van der Waals surface area contributed by atoms with Crippen molar-refractivity contribution in [1.82, 2.24) is 14.9 Å². The van der Waals surface area contributed by atoms with Crippen LogP contribution >= 0.6 is 0 Å². The van der Waals surface area contributed by atoms with Gasteiger partial charge in [-0.05, 0) is 49.6 Å². The number of benzene rings is 2. The number of nitrogens with one attached hydrogen (secondary N) is 1. The highest BCUT2D eigenvalue weighted by atomic mass is 19.1. The summed E-state index contributed by atoms with van der Waals surface area (Å²) >= 11 is 0. The van der Waals surface area contributed by atoms with E-state index >= 15 is 0 Å². The Hall–Kier alpha value is -3.68. The van der Waals surface area contributed by atoms with Gasteiger partial charge < -0.3 is 19.9 Å². The zero-order chi connectivity index (χ0) is 24.8. The Labute approximate surface area is 206 Å². The Morgan fingerprint density at radius 2 is 1.91 bits per heavy atom. The van der Waals surface area contributed by atoms with Crippen molar-refractivity contribution in [3.8, 4) is 5.75 Å². The van der Waals surface area contributed by atoms with Crippen LogP contribution in [-0.4, -0.2) is 54.2 Å². The molecule has 2 aromatic carbocycles. The monoisotopic (exact) mass is 477 g/mol. The van der Waals surface area contributed by atoms with Crippen molar-refractivity contribution >= 4 is 17.5 Å². The SMILES string of the molecule is CCc1nc(C)nc(N2CCCN(C(=O)Nc3cccc(OC)c3)CC2)c1Cc1cccc(F)c1. The maximum absolute atomic E-state index is 13.9. The van der Waals surface area contributed by atoms with Crippen molar-refractivity contribution in [2.75, 3.05) is 43.5 Å². The number of hydrogen-bond acceptors (Lipinski definition) is 5. The molecule has 1 aliphatic rings. The molecular weight excluding hydrogens is 445 g/mol. The van der Waals surface area contributed by atoms with Crippen LogP contribution in [0, 0.1) is 12.7 Å². The van der Waals surface area contributed by atoms with Crippen molar-refractivity contribution in [1.29, 1.82) is 0 Å². The van der Waals surface area contributed by atoms with E-state index in [9.17, 15) is 9.18 Å². The molecule has 0 saturated carbocycles. The van der Waals surface area contributed by atoms with Gasteiger partial charge in [0, 0.05) is 55.6 Å². The van der Waals surface area contributed by atoms with Crippen LogP contribution in [0.1, 0.15) is 36.0 Å². The number of halogens is 1. The molecule has 4 rings (SSSR count). The summed E-state index contributed by atoms with van der Waals surface area (Å²) in [6.07, 6.45) is 2.15. The maximum Gasteiger partial charge on any atom is 0.321 e. The molecule has 35 heavy (non-hydrogen) atoms. The van der Waals surface area contributed by atoms with Crippen LogP contribution in [0.5, 0.6) is 5.75 Å². The maximum atomic E-state index is 13.9. The van der Waals surface area contributed by atoms with Gasteiger partial charge in [0.2, 0.25) is 0 Å². The minimum atomic E-state index is -0.248. The number of hydrogen-bond donors (Lipinski definition) is 1. The van der Waals surface area contributed by atoms with E-state index in [1.54, 1.807) is 25.3 Å². The third-order valence-electron chi connectivity index (χ3n) is 6.19.